The van der Waals surface area contributed by atoms with E-state index in [-0.39, 0.29) is 0 Å². The van der Waals surface area contributed by atoms with Gasteiger partial charge in [0.1, 0.15) is 17.7 Å². The lowest BCUT2D eigenvalue weighted by atomic mass is 10.3. The molecule has 0 radical (unpaired) electrons. The summed E-state index contributed by atoms with van der Waals surface area (Å²) < 4.78 is 0. The molecule has 4 nitrogen and oxygen atoms in total. The number of nitrogens with zero attached hydrogens (tertiary/aromatic N) is 3. The van der Waals surface area contributed by atoms with Crippen molar-refractivity contribution in [2.75, 3.05) is 0 Å². The van der Waals surface area contributed by atoms with Gasteiger partial charge in [-0.1, -0.05) is 18.5 Å². The number of hydrogen-bond donors (Lipinski definition) is 1. The van der Waals surface area contributed by atoms with E-state index in [9.17, 15) is 0 Å². The molecule has 2 heterocycles. The maximum atomic E-state index is 5.85. The highest BCUT2D eigenvalue weighted by Crippen LogP contribution is 2.16. The van der Waals surface area contributed by atoms with E-state index in [1.54, 1.807) is 0 Å². The summed E-state index contributed by atoms with van der Waals surface area (Å²) in [5.41, 5.74) is 1.37. The van der Waals surface area contributed by atoms with Crippen LogP contribution in [-0.4, -0.2) is 19.9 Å². The molecule has 0 aliphatic rings. The van der Waals surface area contributed by atoms with Crippen molar-refractivity contribution in [1.29, 1.82) is 0 Å². The maximum Gasteiger partial charge on any atom is 0.182 e. The molecule has 0 unspecified atom stereocenters. The van der Waals surface area contributed by atoms with Crippen LogP contribution in [0.1, 0.15) is 19.2 Å². The molecule has 1 N–H and O–H groups in total. The summed E-state index contributed by atoms with van der Waals surface area (Å²) in [6.07, 6.45) is 3.37. The molecule has 0 aromatic carbocycles. The second kappa shape index (κ2) is 3.30. The smallest absolute Gasteiger partial charge is 0.182 e. The summed E-state index contributed by atoms with van der Waals surface area (Å²) in [5.74, 6) is 0.917. The van der Waals surface area contributed by atoms with E-state index in [0.717, 1.165) is 24.2 Å². The summed E-state index contributed by atoms with van der Waals surface area (Å²) in [4.78, 5) is 15.2. The van der Waals surface area contributed by atoms with Gasteiger partial charge >= 0.3 is 0 Å². The molecule has 13 heavy (non-hydrogen) atoms. The van der Waals surface area contributed by atoms with Crippen LogP contribution < -0.4 is 0 Å². The molecule has 0 amide bonds. The Kier molecular flexibility index (Phi) is 2.14. The standard InChI is InChI=1S/C8H9ClN4/c1-2-3-5-12-6-7(9)10-4-11-8(6)13-5/h4H,2-3H2,1H3,(H,10,11,12,13). The van der Waals surface area contributed by atoms with Gasteiger partial charge < -0.3 is 4.98 Å². The van der Waals surface area contributed by atoms with Crippen LogP contribution in [0.2, 0.25) is 5.15 Å². The lowest BCUT2D eigenvalue weighted by Crippen LogP contribution is -1.84. The molecule has 0 fully saturated rings. The Labute approximate surface area is 80.4 Å². The highest BCUT2D eigenvalue weighted by molar-refractivity contribution is 6.33. The van der Waals surface area contributed by atoms with Gasteiger partial charge in [-0.25, -0.2) is 15.0 Å². The van der Waals surface area contributed by atoms with Gasteiger partial charge in [0.05, 0.1) is 0 Å². The fourth-order valence-electron chi connectivity index (χ4n) is 1.20. The number of fused-ring (bicyclic) bond motifs is 1. The summed E-state index contributed by atoms with van der Waals surface area (Å²) in [6.45, 7) is 2.10. The normalized spacial score (nSPS) is 10.9. The zero-order chi connectivity index (χ0) is 9.26. The molecule has 2 rings (SSSR count). The molecule has 2 aromatic heterocycles. The Bertz CT molecular complexity index is 423. The first-order valence-corrected chi connectivity index (χ1v) is 4.54. The number of H-pyrrole nitrogens is 1. The third-order valence-electron chi connectivity index (χ3n) is 1.78. The van der Waals surface area contributed by atoms with Crippen molar-refractivity contribution in [1.82, 2.24) is 19.9 Å². The van der Waals surface area contributed by atoms with Crippen molar-refractivity contribution in [3.05, 3.63) is 17.3 Å². The highest BCUT2D eigenvalue weighted by Gasteiger charge is 2.06. The van der Waals surface area contributed by atoms with Crippen LogP contribution >= 0.6 is 11.6 Å². The van der Waals surface area contributed by atoms with E-state index in [1.807, 2.05) is 0 Å². The van der Waals surface area contributed by atoms with E-state index in [0.29, 0.717) is 10.8 Å². The number of hydrogen-bond acceptors (Lipinski definition) is 3. The van der Waals surface area contributed by atoms with Crippen molar-refractivity contribution < 1.29 is 0 Å². The summed E-state index contributed by atoms with van der Waals surface area (Å²) in [5, 5.41) is 0.430. The molecule has 5 heteroatoms. The predicted molar refractivity (Wildman–Crippen MR) is 50.7 cm³/mol. The molecule has 0 saturated carbocycles. The first kappa shape index (κ1) is 8.44. The van der Waals surface area contributed by atoms with Crippen LogP contribution in [0.25, 0.3) is 11.2 Å². The number of rotatable bonds is 2. The summed E-state index contributed by atoms with van der Waals surface area (Å²) in [6, 6.07) is 0. The van der Waals surface area contributed by atoms with Gasteiger partial charge in [0.25, 0.3) is 0 Å². The van der Waals surface area contributed by atoms with E-state index in [1.165, 1.54) is 6.33 Å². The van der Waals surface area contributed by atoms with E-state index >= 15 is 0 Å². The number of aromatic nitrogens is 4. The molecule has 0 saturated heterocycles. The fraction of sp³-hybridized carbons (Fsp3) is 0.375. The Morgan fingerprint density at radius 1 is 1.46 bits per heavy atom. The molecule has 0 aliphatic heterocycles. The van der Waals surface area contributed by atoms with E-state index in [4.69, 9.17) is 11.6 Å². The minimum absolute atomic E-state index is 0.430. The predicted octanol–water partition coefficient (Wildman–Crippen LogP) is 1.96. The largest absolute Gasteiger partial charge is 0.338 e. The lowest BCUT2D eigenvalue weighted by molar-refractivity contribution is 0.860. The van der Waals surface area contributed by atoms with Crippen LogP contribution in [0.5, 0.6) is 0 Å². The highest BCUT2D eigenvalue weighted by atomic mass is 35.5. The maximum absolute atomic E-state index is 5.85. The number of imidazole rings is 1. The molecule has 68 valence electrons. The Hall–Kier alpha value is -1.16. The zero-order valence-electron chi connectivity index (χ0n) is 7.21. The van der Waals surface area contributed by atoms with Crippen LogP contribution in [0, 0.1) is 0 Å². The minimum atomic E-state index is 0.430. The van der Waals surface area contributed by atoms with Crippen molar-refractivity contribution in [2.24, 2.45) is 0 Å². The number of halogens is 1. The molecule has 0 bridgehead atoms. The molecular formula is C8H9ClN4. The van der Waals surface area contributed by atoms with Gasteiger partial charge in [-0.05, 0) is 6.42 Å². The van der Waals surface area contributed by atoms with Crippen molar-refractivity contribution in [3.8, 4) is 0 Å². The van der Waals surface area contributed by atoms with E-state index < -0.39 is 0 Å². The third kappa shape index (κ3) is 1.49. The first-order valence-electron chi connectivity index (χ1n) is 4.16. The van der Waals surface area contributed by atoms with Gasteiger partial charge in [0.2, 0.25) is 0 Å². The Balaban J connectivity index is 2.55. The van der Waals surface area contributed by atoms with Crippen molar-refractivity contribution >= 4 is 22.8 Å². The van der Waals surface area contributed by atoms with Gasteiger partial charge in [-0.15, -0.1) is 0 Å². The van der Waals surface area contributed by atoms with E-state index in [2.05, 4.69) is 26.9 Å². The molecular weight excluding hydrogens is 188 g/mol. The second-order valence-corrected chi connectivity index (χ2v) is 3.15. The molecule has 0 atom stereocenters. The van der Waals surface area contributed by atoms with Crippen molar-refractivity contribution in [2.45, 2.75) is 19.8 Å². The van der Waals surface area contributed by atoms with Crippen LogP contribution in [0.3, 0.4) is 0 Å². The van der Waals surface area contributed by atoms with Gasteiger partial charge in [-0.3, -0.25) is 0 Å². The lowest BCUT2D eigenvalue weighted by Gasteiger charge is -1.88. The van der Waals surface area contributed by atoms with Crippen LogP contribution in [0.4, 0.5) is 0 Å². The summed E-state index contributed by atoms with van der Waals surface area (Å²) >= 11 is 5.85. The first-order chi connectivity index (χ1) is 6.31. The van der Waals surface area contributed by atoms with Gasteiger partial charge in [-0.2, -0.15) is 0 Å². The second-order valence-electron chi connectivity index (χ2n) is 2.80. The number of aromatic amines is 1. The average molecular weight is 197 g/mol. The summed E-state index contributed by atoms with van der Waals surface area (Å²) in [7, 11) is 0. The Morgan fingerprint density at radius 2 is 2.31 bits per heavy atom. The topological polar surface area (TPSA) is 54.5 Å². The average Bonchev–Trinajstić information content (AvgIpc) is 2.49. The quantitative estimate of drug-likeness (QED) is 0.748. The minimum Gasteiger partial charge on any atom is -0.338 e. The SMILES string of the molecule is CCCc1nc2ncnc(Cl)c2[nH]1. The van der Waals surface area contributed by atoms with Gasteiger partial charge in [0.15, 0.2) is 10.8 Å². The van der Waals surface area contributed by atoms with Crippen LogP contribution in [-0.2, 0) is 6.42 Å². The number of aryl methyl sites for hydroxylation is 1. The van der Waals surface area contributed by atoms with Crippen LogP contribution in [0.15, 0.2) is 6.33 Å². The molecule has 0 spiro atoms. The third-order valence-corrected chi connectivity index (χ3v) is 2.06. The van der Waals surface area contributed by atoms with Gasteiger partial charge in [0, 0.05) is 6.42 Å². The number of nitrogens with one attached hydrogen (secondary N) is 1. The van der Waals surface area contributed by atoms with Crippen molar-refractivity contribution in [3.63, 3.8) is 0 Å². The monoisotopic (exact) mass is 196 g/mol. The fourth-order valence-corrected chi connectivity index (χ4v) is 1.38. The Morgan fingerprint density at radius 3 is 3.00 bits per heavy atom. The molecule has 2 aromatic rings. The molecule has 0 aliphatic carbocycles. The zero-order valence-corrected chi connectivity index (χ0v) is 7.97.